The molecule has 0 amide bonds. The minimum atomic E-state index is -4.47. The lowest BCUT2D eigenvalue weighted by Crippen LogP contribution is -2.41. The average molecular weight is 337 g/mol. The molecule has 0 spiro atoms. The molecule has 0 aromatic heterocycles. The smallest absolute Gasteiger partial charge is 0.378 e. The first kappa shape index (κ1) is 14.3. The fraction of sp³-hybridized carbons (Fsp3) is 0.417. The van der Waals surface area contributed by atoms with E-state index in [2.05, 4.69) is 15.9 Å². The van der Waals surface area contributed by atoms with Crippen molar-refractivity contribution in [2.45, 2.75) is 6.18 Å². The molecule has 0 atom stereocenters. The van der Waals surface area contributed by atoms with E-state index in [0.717, 1.165) is 6.07 Å². The first-order valence-corrected chi connectivity index (χ1v) is 6.47. The number of halogens is 4. The Kier molecular flexibility index (Phi) is 4.15. The molecule has 104 valence electrons. The van der Waals surface area contributed by atoms with Gasteiger partial charge in [0.05, 0.1) is 18.8 Å². The van der Waals surface area contributed by atoms with Gasteiger partial charge in [0.15, 0.2) is 0 Å². The first-order chi connectivity index (χ1) is 8.89. The Labute approximate surface area is 117 Å². The SMILES string of the molecule is N=C(c1ccc(Br)cc1C(F)(F)F)N1CCOCC1. The summed E-state index contributed by atoms with van der Waals surface area (Å²) in [7, 11) is 0. The predicted molar refractivity (Wildman–Crippen MR) is 68.4 cm³/mol. The van der Waals surface area contributed by atoms with E-state index in [4.69, 9.17) is 10.1 Å². The van der Waals surface area contributed by atoms with Crippen LogP contribution in [0.2, 0.25) is 0 Å². The zero-order valence-corrected chi connectivity index (χ0v) is 11.5. The van der Waals surface area contributed by atoms with Gasteiger partial charge in [-0.1, -0.05) is 15.9 Å². The number of ether oxygens (including phenoxy) is 1. The highest BCUT2D eigenvalue weighted by Gasteiger charge is 2.35. The lowest BCUT2D eigenvalue weighted by molar-refractivity contribution is -0.137. The zero-order valence-electron chi connectivity index (χ0n) is 9.93. The van der Waals surface area contributed by atoms with Crippen molar-refractivity contribution < 1.29 is 17.9 Å². The molecular weight excluding hydrogens is 325 g/mol. The summed E-state index contributed by atoms with van der Waals surface area (Å²) < 4.78 is 44.5. The molecule has 0 saturated carbocycles. The molecule has 1 aliphatic heterocycles. The van der Waals surface area contributed by atoms with E-state index in [1.807, 2.05) is 0 Å². The standard InChI is InChI=1S/C12H12BrF3N2O/c13-8-1-2-9(10(7-8)12(14,15)16)11(17)18-3-5-19-6-4-18/h1-2,7,17H,3-6H2. The van der Waals surface area contributed by atoms with Gasteiger partial charge in [-0.15, -0.1) is 0 Å². The van der Waals surface area contributed by atoms with Crippen LogP contribution in [0.3, 0.4) is 0 Å². The molecule has 1 fully saturated rings. The maximum Gasteiger partial charge on any atom is 0.417 e. The number of morpholine rings is 1. The number of benzene rings is 1. The van der Waals surface area contributed by atoms with Crippen molar-refractivity contribution >= 4 is 21.8 Å². The minimum absolute atomic E-state index is 0.0994. The highest BCUT2D eigenvalue weighted by Crippen LogP contribution is 2.34. The Morgan fingerprint density at radius 2 is 1.89 bits per heavy atom. The molecule has 0 radical (unpaired) electrons. The highest BCUT2D eigenvalue weighted by atomic mass is 79.9. The van der Waals surface area contributed by atoms with Gasteiger partial charge in [0, 0.05) is 23.1 Å². The third-order valence-corrected chi connectivity index (χ3v) is 3.36. The van der Waals surface area contributed by atoms with Crippen molar-refractivity contribution in [2.75, 3.05) is 26.3 Å². The van der Waals surface area contributed by atoms with Crippen LogP contribution >= 0.6 is 15.9 Å². The number of rotatable bonds is 1. The summed E-state index contributed by atoms with van der Waals surface area (Å²) >= 11 is 3.03. The van der Waals surface area contributed by atoms with Crippen LogP contribution in [0.1, 0.15) is 11.1 Å². The van der Waals surface area contributed by atoms with Crippen LogP contribution in [0, 0.1) is 5.41 Å². The van der Waals surface area contributed by atoms with Crippen LogP contribution in [-0.2, 0) is 10.9 Å². The van der Waals surface area contributed by atoms with Gasteiger partial charge in [-0.05, 0) is 18.2 Å². The normalized spacial score (nSPS) is 16.5. The fourth-order valence-corrected chi connectivity index (χ4v) is 2.28. The van der Waals surface area contributed by atoms with Crippen LogP contribution in [0.25, 0.3) is 0 Å². The quantitative estimate of drug-likeness (QED) is 0.631. The molecule has 1 saturated heterocycles. The molecule has 19 heavy (non-hydrogen) atoms. The van der Waals surface area contributed by atoms with E-state index >= 15 is 0 Å². The summed E-state index contributed by atoms with van der Waals surface area (Å²) in [6, 6.07) is 3.84. The third kappa shape index (κ3) is 3.27. The molecule has 1 aromatic rings. The lowest BCUT2D eigenvalue weighted by atomic mass is 10.1. The average Bonchev–Trinajstić information content (AvgIpc) is 2.38. The van der Waals surface area contributed by atoms with Gasteiger partial charge in [0.2, 0.25) is 0 Å². The molecule has 1 heterocycles. The van der Waals surface area contributed by atoms with Crippen molar-refractivity contribution in [3.8, 4) is 0 Å². The van der Waals surface area contributed by atoms with Crippen LogP contribution < -0.4 is 0 Å². The summed E-state index contributed by atoms with van der Waals surface area (Å²) in [5, 5.41) is 7.97. The van der Waals surface area contributed by atoms with Crippen LogP contribution in [0.5, 0.6) is 0 Å². The van der Waals surface area contributed by atoms with Gasteiger partial charge in [0.1, 0.15) is 5.84 Å². The Hall–Kier alpha value is -1.08. The van der Waals surface area contributed by atoms with Gasteiger partial charge in [-0.2, -0.15) is 13.2 Å². The maximum absolute atomic E-state index is 13.0. The zero-order chi connectivity index (χ0) is 14.0. The van der Waals surface area contributed by atoms with E-state index < -0.39 is 11.7 Å². The number of nitrogens with one attached hydrogen (secondary N) is 1. The second-order valence-electron chi connectivity index (χ2n) is 4.14. The highest BCUT2D eigenvalue weighted by molar-refractivity contribution is 9.10. The second-order valence-corrected chi connectivity index (χ2v) is 5.05. The van der Waals surface area contributed by atoms with Gasteiger partial charge < -0.3 is 9.64 Å². The molecule has 0 bridgehead atoms. The summed E-state index contributed by atoms with van der Waals surface area (Å²) in [6.45, 7) is 1.74. The number of nitrogens with zero attached hydrogens (tertiary/aromatic N) is 1. The van der Waals surface area contributed by atoms with E-state index in [0.29, 0.717) is 30.8 Å². The molecule has 7 heteroatoms. The molecule has 0 unspecified atom stereocenters. The minimum Gasteiger partial charge on any atom is -0.378 e. The lowest BCUT2D eigenvalue weighted by Gasteiger charge is -2.30. The van der Waals surface area contributed by atoms with E-state index in [1.54, 1.807) is 4.90 Å². The molecule has 1 aromatic carbocycles. The largest absolute Gasteiger partial charge is 0.417 e. The van der Waals surface area contributed by atoms with Crippen LogP contribution in [0.4, 0.5) is 13.2 Å². The van der Waals surface area contributed by atoms with E-state index in [-0.39, 0.29) is 11.4 Å². The fourth-order valence-electron chi connectivity index (χ4n) is 1.91. The Bertz CT molecular complexity index is 484. The van der Waals surface area contributed by atoms with Crippen molar-refractivity contribution in [3.63, 3.8) is 0 Å². The van der Waals surface area contributed by atoms with E-state index in [1.165, 1.54) is 12.1 Å². The third-order valence-electron chi connectivity index (χ3n) is 2.87. The number of hydrogen-bond acceptors (Lipinski definition) is 2. The molecule has 0 aliphatic carbocycles. The second kappa shape index (κ2) is 5.50. The summed E-state index contributed by atoms with van der Waals surface area (Å²) in [5.74, 6) is -0.108. The van der Waals surface area contributed by atoms with Gasteiger partial charge >= 0.3 is 6.18 Å². The van der Waals surface area contributed by atoms with Gasteiger partial charge in [-0.3, -0.25) is 5.41 Å². The summed E-state index contributed by atoms with van der Waals surface area (Å²) in [5.41, 5.74) is -0.893. The monoisotopic (exact) mass is 336 g/mol. The number of alkyl halides is 3. The van der Waals surface area contributed by atoms with Crippen molar-refractivity contribution in [3.05, 3.63) is 33.8 Å². The Morgan fingerprint density at radius 1 is 1.26 bits per heavy atom. The van der Waals surface area contributed by atoms with Crippen molar-refractivity contribution in [1.82, 2.24) is 4.90 Å². The molecule has 1 N–H and O–H groups in total. The Balaban J connectivity index is 2.35. The first-order valence-electron chi connectivity index (χ1n) is 5.68. The predicted octanol–water partition coefficient (Wildman–Crippen LogP) is 3.13. The van der Waals surface area contributed by atoms with Crippen molar-refractivity contribution in [1.29, 1.82) is 5.41 Å². The molecule has 2 rings (SSSR count). The number of hydrogen-bond donors (Lipinski definition) is 1. The van der Waals surface area contributed by atoms with Crippen LogP contribution in [-0.4, -0.2) is 37.0 Å². The molecule has 1 aliphatic rings. The van der Waals surface area contributed by atoms with Crippen molar-refractivity contribution in [2.24, 2.45) is 0 Å². The van der Waals surface area contributed by atoms with Crippen LogP contribution in [0.15, 0.2) is 22.7 Å². The topological polar surface area (TPSA) is 36.3 Å². The van der Waals surface area contributed by atoms with Gasteiger partial charge in [-0.25, -0.2) is 0 Å². The number of amidine groups is 1. The summed E-state index contributed by atoms with van der Waals surface area (Å²) in [4.78, 5) is 1.60. The Morgan fingerprint density at radius 3 is 2.47 bits per heavy atom. The van der Waals surface area contributed by atoms with E-state index in [9.17, 15) is 13.2 Å². The summed E-state index contributed by atoms with van der Waals surface area (Å²) in [6.07, 6.45) is -4.47. The van der Waals surface area contributed by atoms with Gasteiger partial charge in [0.25, 0.3) is 0 Å². The molecular formula is C12H12BrF3N2O. The molecule has 3 nitrogen and oxygen atoms in total. The maximum atomic E-state index is 13.0.